The van der Waals surface area contributed by atoms with Crippen LogP contribution in [0.4, 0.5) is 5.69 Å². The molecule has 0 aliphatic heterocycles. The quantitative estimate of drug-likeness (QED) is 0.674. The molecular formula is C11H16N2O2. The van der Waals surface area contributed by atoms with E-state index in [2.05, 4.69) is 5.32 Å². The number of rotatable bonds is 4. The maximum atomic E-state index is 11.2. The molecule has 0 aromatic heterocycles. The first kappa shape index (κ1) is 11.7. The molecule has 82 valence electrons. The molecule has 0 saturated heterocycles. The Morgan fingerprint density at radius 2 is 2.07 bits per heavy atom. The third-order valence-corrected chi connectivity index (χ3v) is 2.04. The molecule has 1 aromatic rings. The average Bonchev–Trinajstić information content (AvgIpc) is 2.21. The molecule has 1 rings (SSSR count). The van der Waals surface area contributed by atoms with Gasteiger partial charge in [-0.2, -0.15) is 0 Å². The molecule has 15 heavy (non-hydrogen) atoms. The number of amides is 1. The van der Waals surface area contributed by atoms with Crippen LogP contribution in [0.25, 0.3) is 0 Å². The Morgan fingerprint density at radius 3 is 2.53 bits per heavy atom. The Labute approximate surface area is 89.1 Å². The fraction of sp³-hybridized carbons (Fsp3) is 0.364. The van der Waals surface area contributed by atoms with Crippen LogP contribution in [0.1, 0.15) is 12.5 Å². The number of aliphatic hydroxyl groups is 1. The van der Waals surface area contributed by atoms with Gasteiger partial charge in [0.25, 0.3) is 0 Å². The van der Waals surface area contributed by atoms with Crippen molar-refractivity contribution in [1.82, 2.24) is 0 Å². The van der Waals surface area contributed by atoms with Crippen LogP contribution in [-0.2, 0) is 11.2 Å². The monoisotopic (exact) mass is 208 g/mol. The van der Waals surface area contributed by atoms with E-state index in [1.54, 1.807) is 19.1 Å². The van der Waals surface area contributed by atoms with Crippen LogP contribution in [0.2, 0.25) is 0 Å². The molecule has 0 unspecified atom stereocenters. The van der Waals surface area contributed by atoms with Gasteiger partial charge in [-0.3, -0.25) is 4.79 Å². The number of hydrogen-bond acceptors (Lipinski definition) is 3. The molecule has 0 spiro atoms. The summed E-state index contributed by atoms with van der Waals surface area (Å²) in [5.41, 5.74) is 7.18. The third-order valence-electron chi connectivity index (χ3n) is 2.04. The first-order valence-corrected chi connectivity index (χ1v) is 4.89. The molecule has 0 aliphatic rings. The second-order valence-corrected chi connectivity index (χ2v) is 3.45. The minimum Gasteiger partial charge on any atom is -0.396 e. The number of nitrogens with two attached hydrogens (primary N) is 1. The van der Waals surface area contributed by atoms with Gasteiger partial charge in [-0.25, -0.2) is 0 Å². The summed E-state index contributed by atoms with van der Waals surface area (Å²) in [6.45, 7) is 1.76. The summed E-state index contributed by atoms with van der Waals surface area (Å²) in [4.78, 5) is 11.2. The number of hydrogen-bond donors (Lipinski definition) is 3. The van der Waals surface area contributed by atoms with Gasteiger partial charge >= 0.3 is 0 Å². The second-order valence-electron chi connectivity index (χ2n) is 3.45. The lowest BCUT2D eigenvalue weighted by atomic mass is 10.1. The van der Waals surface area contributed by atoms with Gasteiger partial charge in [-0.1, -0.05) is 12.1 Å². The molecule has 4 heteroatoms. The van der Waals surface area contributed by atoms with Gasteiger partial charge in [0.05, 0.1) is 6.04 Å². The van der Waals surface area contributed by atoms with E-state index >= 15 is 0 Å². The first-order valence-electron chi connectivity index (χ1n) is 4.89. The Hall–Kier alpha value is -1.39. The molecule has 1 amide bonds. The van der Waals surface area contributed by atoms with Gasteiger partial charge in [-0.05, 0) is 31.0 Å². The molecule has 1 aromatic carbocycles. The number of anilines is 1. The number of nitrogens with one attached hydrogen (secondary N) is 1. The molecule has 0 bridgehead atoms. The van der Waals surface area contributed by atoms with E-state index in [0.29, 0.717) is 6.42 Å². The highest BCUT2D eigenvalue weighted by Gasteiger charge is 2.06. The Kier molecular flexibility index (Phi) is 4.27. The molecule has 0 heterocycles. The van der Waals surface area contributed by atoms with Crippen LogP contribution in [0.3, 0.4) is 0 Å². The van der Waals surface area contributed by atoms with Crippen LogP contribution < -0.4 is 11.1 Å². The van der Waals surface area contributed by atoms with Gasteiger partial charge in [-0.15, -0.1) is 0 Å². The predicted molar refractivity (Wildman–Crippen MR) is 59.5 cm³/mol. The van der Waals surface area contributed by atoms with Crippen molar-refractivity contribution in [3.05, 3.63) is 29.8 Å². The number of benzene rings is 1. The van der Waals surface area contributed by atoms with Gasteiger partial charge in [0.1, 0.15) is 0 Å². The van der Waals surface area contributed by atoms with E-state index in [0.717, 1.165) is 11.3 Å². The van der Waals surface area contributed by atoms with Crippen molar-refractivity contribution in [3.8, 4) is 0 Å². The smallest absolute Gasteiger partial charge is 0.240 e. The topological polar surface area (TPSA) is 75.4 Å². The van der Waals surface area contributed by atoms with Gasteiger partial charge in [0.2, 0.25) is 5.91 Å². The van der Waals surface area contributed by atoms with Crippen LogP contribution in [0, 0.1) is 0 Å². The largest absolute Gasteiger partial charge is 0.396 e. The summed E-state index contributed by atoms with van der Waals surface area (Å²) in [6.07, 6.45) is 0.627. The summed E-state index contributed by atoms with van der Waals surface area (Å²) in [5, 5.41) is 11.4. The molecule has 4 nitrogen and oxygen atoms in total. The zero-order valence-electron chi connectivity index (χ0n) is 8.73. The summed E-state index contributed by atoms with van der Waals surface area (Å²) in [7, 11) is 0. The van der Waals surface area contributed by atoms with Crippen LogP contribution in [0.15, 0.2) is 24.3 Å². The highest BCUT2D eigenvalue weighted by atomic mass is 16.2. The summed E-state index contributed by atoms with van der Waals surface area (Å²) in [6, 6.07) is 6.82. The average molecular weight is 208 g/mol. The van der Waals surface area contributed by atoms with Crippen molar-refractivity contribution in [2.24, 2.45) is 5.73 Å². The van der Waals surface area contributed by atoms with Crippen LogP contribution >= 0.6 is 0 Å². The van der Waals surface area contributed by atoms with Crippen molar-refractivity contribution in [2.75, 3.05) is 11.9 Å². The van der Waals surface area contributed by atoms with Crippen molar-refractivity contribution < 1.29 is 9.90 Å². The SMILES string of the molecule is C[C@H](N)C(=O)Nc1ccc(CCO)cc1. The summed E-state index contributed by atoms with van der Waals surface area (Å²) in [5.74, 6) is -0.204. The Balaban J connectivity index is 2.60. The molecular weight excluding hydrogens is 192 g/mol. The van der Waals surface area contributed by atoms with E-state index in [1.807, 2.05) is 12.1 Å². The fourth-order valence-electron chi connectivity index (χ4n) is 1.14. The number of carbonyl (C=O) groups is 1. The van der Waals surface area contributed by atoms with E-state index in [1.165, 1.54) is 0 Å². The predicted octanol–water partition coefficient (Wildman–Crippen LogP) is 0.507. The number of carbonyl (C=O) groups excluding carboxylic acids is 1. The lowest BCUT2D eigenvalue weighted by Crippen LogP contribution is -2.32. The first-order chi connectivity index (χ1) is 7.13. The second kappa shape index (κ2) is 5.48. The standard InChI is InChI=1S/C11H16N2O2/c1-8(12)11(15)13-10-4-2-9(3-5-10)6-7-14/h2-5,8,14H,6-7,12H2,1H3,(H,13,15)/t8-/m0/s1. The third kappa shape index (κ3) is 3.69. The summed E-state index contributed by atoms with van der Waals surface area (Å²) >= 11 is 0. The molecule has 0 aliphatic carbocycles. The van der Waals surface area contributed by atoms with Crippen LogP contribution in [0.5, 0.6) is 0 Å². The summed E-state index contributed by atoms with van der Waals surface area (Å²) < 4.78 is 0. The molecule has 0 saturated carbocycles. The highest BCUT2D eigenvalue weighted by Crippen LogP contribution is 2.09. The molecule has 4 N–H and O–H groups in total. The van der Waals surface area contributed by atoms with E-state index in [9.17, 15) is 4.79 Å². The Bertz CT molecular complexity index is 320. The zero-order valence-corrected chi connectivity index (χ0v) is 8.73. The van der Waals surface area contributed by atoms with Crippen molar-refractivity contribution in [2.45, 2.75) is 19.4 Å². The van der Waals surface area contributed by atoms with Gasteiger partial charge in [0, 0.05) is 12.3 Å². The lowest BCUT2D eigenvalue weighted by molar-refractivity contribution is -0.117. The Morgan fingerprint density at radius 1 is 1.47 bits per heavy atom. The molecule has 1 atom stereocenters. The zero-order chi connectivity index (χ0) is 11.3. The van der Waals surface area contributed by atoms with Crippen molar-refractivity contribution in [1.29, 1.82) is 0 Å². The van der Waals surface area contributed by atoms with Gasteiger partial charge in [0.15, 0.2) is 0 Å². The minimum atomic E-state index is -0.512. The maximum absolute atomic E-state index is 11.2. The van der Waals surface area contributed by atoms with E-state index in [4.69, 9.17) is 10.8 Å². The highest BCUT2D eigenvalue weighted by molar-refractivity contribution is 5.94. The normalized spacial score (nSPS) is 12.2. The lowest BCUT2D eigenvalue weighted by Gasteiger charge is -2.08. The maximum Gasteiger partial charge on any atom is 0.240 e. The molecule has 0 radical (unpaired) electrons. The minimum absolute atomic E-state index is 0.130. The van der Waals surface area contributed by atoms with E-state index in [-0.39, 0.29) is 12.5 Å². The van der Waals surface area contributed by atoms with Crippen molar-refractivity contribution >= 4 is 11.6 Å². The molecule has 0 fully saturated rings. The number of aliphatic hydroxyl groups excluding tert-OH is 1. The van der Waals surface area contributed by atoms with Crippen LogP contribution in [-0.4, -0.2) is 23.7 Å². The van der Waals surface area contributed by atoms with Gasteiger partial charge < -0.3 is 16.2 Å². The van der Waals surface area contributed by atoms with Crippen molar-refractivity contribution in [3.63, 3.8) is 0 Å². The fourth-order valence-corrected chi connectivity index (χ4v) is 1.14. The van der Waals surface area contributed by atoms with E-state index < -0.39 is 6.04 Å².